The van der Waals surface area contributed by atoms with Gasteiger partial charge in [0.25, 0.3) is 5.91 Å². The lowest BCUT2D eigenvalue weighted by Gasteiger charge is -2.12. The number of carbonyl (C=O) groups excluding carboxylic acids is 1. The molecule has 2 rings (SSSR count). The Hall–Kier alpha value is -3.02. The summed E-state index contributed by atoms with van der Waals surface area (Å²) in [5.41, 5.74) is 2.80. The lowest BCUT2D eigenvalue weighted by atomic mass is 10.2. The summed E-state index contributed by atoms with van der Waals surface area (Å²) in [5, 5.41) is 13.7. The van der Waals surface area contributed by atoms with Gasteiger partial charge in [-0.05, 0) is 31.2 Å². The fourth-order valence-electron chi connectivity index (χ4n) is 1.82. The minimum Gasteiger partial charge on any atom is -0.504 e. The van der Waals surface area contributed by atoms with Crippen LogP contribution < -0.4 is 14.9 Å². The Morgan fingerprint density at radius 3 is 2.65 bits per heavy atom. The average molecular weight is 314 g/mol. The second-order valence-corrected chi connectivity index (χ2v) is 4.71. The molecule has 0 aliphatic carbocycles. The minimum atomic E-state index is -0.701. The minimum absolute atomic E-state index is 0.0402. The van der Waals surface area contributed by atoms with E-state index in [0.717, 1.165) is 0 Å². The Morgan fingerprint density at radius 2 is 1.96 bits per heavy atom. The number of carbonyl (C=O) groups is 1. The van der Waals surface area contributed by atoms with Gasteiger partial charge in [0.15, 0.2) is 17.6 Å². The molecular weight excluding hydrogens is 296 g/mol. The van der Waals surface area contributed by atoms with Gasteiger partial charge >= 0.3 is 0 Å². The van der Waals surface area contributed by atoms with Crippen LogP contribution in [0.25, 0.3) is 0 Å². The Morgan fingerprint density at radius 1 is 1.22 bits per heavy atom. The number of nitrogens with zero attached hydrogens (tertiary/aromatic N) is 1. The van der Waals surface area contributed by atoms with E-state index in [9.17, 15) is 9.90 Å². The molecule has 2 N–H and O–H groups in total. The third kappa shape index (κ3) is 4.47. The molecule has 1 unspecified atom stereocenters. The Bertz CT molecular complexity index is 686. The van der Waals surface area contributed by atoms with Gasteiger partial charge in [0.05, 0.1) is 13.3 Å². The standard InChI is InChI=1S/C17H18N2O4/c1-12(23-14-8-4-3-5-9-14)17(21)19-18-11-13-7-6-10-15(22-2)16(13)20/h3-12,20H,1-2H3,(H,19,21)/b18-11+. The molecule has 6 heteroatoms. The second-order valence-electron chi connectivity index (χ2n) is 4.71. The molecule has 1 amide bonds. The van der Waals surface area contributed by atoms with E-state index >= 15 is 0 Å². The molecule has 2 aromatic carbocycles. The second kappa shape index (κ2) is 7.84. The fourth-order valence-corrected chi connectivity index (χ4v) is 1.82. The van der Waals surface area contributed by atoms with Crippen molar-refractivity contribution in [3.05, 3.63) is 54.1 Å². The molecular formula is C17H18N2O4. The summed E-state index contributed by atoms with van der Waals surface area (Å²) in [5.74, 6) is 0.500. The van der Waals surface area contributed by atoms with E-state index in [2.05, 4.69) is 10.5 Å². The third-order valence-corrected chi connectivity index (χ3v) is 3.05. The Labute approximate surface area is 134 Å². The topological polar surface area (TPSA) is 80.2 Å². The number of rotatable bonds is 6. The molecule has 0 bridgehead atoms. The first-order chi connectivity index (χ1) is 11.1. The first-order valence-corrected chi connectivity index (χ1v) is 7.02. The van der Waals surface area contributed by atoms with Gasteiger partial charge in [0, 0.05) is 5.56 Å². The van der Waals surface area contributed by atoms with Crippen molar-refractivity contribution in [1.29, 1.82) is 0 Å². The van der Waals surface area contributed by atoms with Crippen molar-refractivity contribution in [3.63, 3.8) is 0 Å². The van der Waals surface area contributed by atoms with Crippen molar-refractivity contribution < 1.29 is 19.4 Å². The highest BCUT2D eigenvalue weighted by molar-refractivity contribution is 5.87. The first kappa shape index (κ1) is 16.4. The van der Waals surface area contributed by atoms with Gasteiger partial charge in [-0.1, -0.05) is 24.3 Å². The molecule has 1 atom stereocenters. The van der Waals surface area contributed by atoms with Gasteiger partial charge < -0.3 is 14.6 Å². The molecule has 0 fully saturated rings. The number of hydrogen-bond acceptors (Lipinski definition) is 5. The van der Waals surface area contributed by atoms with Crippen LogP contribution >= 0.6 is 0 Å². The van der Waals surface area contributed by atoms with Gasteiger partial charge in [-0.25, -0.2) is 5.43 Å². The predicted molar refractivity (Wildman–Crippen MR) is 86.9 cm³/mol. The zero-order valence-electron chi connectivity index (χ0n) is 12.9. The van der Waals surface area contributed by atoms with Crippen molar-refractivity contribution in [3.8, 4) is 17.2 Å². The summed E-state index contributed by atoms with van der Waals surface area (Å²) in [7, 11) is 1.46. The Kier molecular flexibility index (Phi) is 5.57. The van der Waals surface area contributed by atoms with Crippen LogP contribution in [0.15, 0.2) is 53.6 Å². The molecule has 23 heavy (non-hydrogen) atoms. The monoisotopic (exact) mass is 314 g/mol. The number of benzene rings is 2. The lowest BCUT2D eigenvalue weighted by Crippen LogP contribution is -2.33. The van der Waals surface area contributed by atoms with E-state index in [1.54, 1.807) is 37.3 Å². The number of para-hydroxylation sites is 2. The number of hydrogen-bond donors (Lipinski definition) is 2. The third-order valence-electron chi connectivity index (χ3n) is 3.05. The summed E-state index contributed by atoms with van der Waals surface area (Å²) in [4.78, 5) is 11.9. The number of ether oxygens (including phenoxy) is 2. The summed E-state index contributed by atoms with van der Waals surface area (Å²) in [6.07, 6.45) is 0.638. The van der Waals surface area contributed by atoms with E-state index in [1.807, 2.05) is 18.2 Å². The van der Waals surface area contributed by atoms with Gasteiger partial charge in [-0.3, -0.25) is 4.79 Å². The molecule has 0 spiro atoms. The maximum atomic E-state index is 11.9. The van der Waals surface area contributed by atoms with E-state index in [0.29, 0.717) is 17.1 Å². The van der Waals surface area contributed by atoms with Crippen LogP contribution in [-0.4, -0.2) is 30.4 Å². The van der Waals surface area contributed by atoms with Crippen molar-refractivity contribution >= 4 is 12.1 Å². The quantitative estimate of drug-likeness (QED) is 0.633. The van der Waals surface area contributed by atoms with Gasteiger partial charge in [0.2, 0.25) is 0 Å². The molecule has 2 aromatic rings. The van der Waals surface area contributed by atoms with E-state index in [1.165, 1.54) is 13.3 Å². The normalized spacial score (nSPS) is 11.9. The van der Waals surface area contributed by atoms with Crippen molar-refractivity contribution in [2.75, 3.05) is 7.11 Å². The average Bonchev–Trinajstić information content (AvgIpc) is 2.57. The number of aromatic hydroxyl groups is 1. The largest absolute Gasteiger partial charge is 0.504 e. The highest BCUT2D eigenvalue weighted by Crippen LogP contribution is 2.27. The number of nitrogens with one attached hydrogen (secondary N) is 1. The molecule has 0 radical (unpaired) electrons. The molecule has 0 saturated carbocycles. The molecule has 0 heterocycles. The maximum Gasteiger partial charge on any atom is 0.280 e. The Balaban J connectivity index is 1.93. The van der Waals surface area contributed by atoms with Crippen molar-refractivity contribution in [2.45, 2.75) is 13.0 Å². The summed E-state index contributed by atoms with van der Waals surface area (Å²) in [6.45, 7) is 1.63. The van der Waals surface area contributed by atoms with Crippen LogP contribution in [0.3, 0.4) is 0 Å². The lowest BCUT2D eigenvalue weighted by molar-refractivity contribution is -0.127. The smallest absolute Gasteiger partial charge is 0.280 e. The van der Waals surface area contributed by atoms with Crippen LogP contribution in [0.2, 0.25) is 0 Å². The highest BCUT2D eigenvalue weighted by atomic mass is 16.5. The SMILES string of the molecule is COc1cccc(/C=N/NC(=O)C(C)Oc2ccccc2)c1O. The molecule has 120 valence electrons. The predicted octanol–water partition coefficient (Wildman–Crippen LogP) is 2.32. The summed E-state index contributed by atoms with van der Waals surface area (Å²) in [6, 6.07) is 14.0. The van der Waals surface area contributed by atoms with E-state index < -0.39 is 12.0 Å². The number of phenols is 1. The molecule has 0 aliphatic heterocycles. The van der Waals surface area contributed by atoms with Gasteiger partial charge in [-0.2, -0.15) is 5.10 Å². The molecule has 0 aliphatic rings. The van der Waals surface area contributed by atoms with E-state index in [-0.39, 0.29) is 5.75 Å². The zero-order valence-corrected chi connectivity index (χ0v) is 12.9. The van der Waals surface area contributed by atoms with Crippen molar-refractivity contribution in [1.82, 2.24) is 5.43 Å². The van der Waals surface area contributed by atoms with Gasteiger partial charge in [-0.15, -0.1) is 0 Å². The zero-order chi connectivity index (χ0) is 16.7. The van der Waals surface area contributed by atoms with Crippen molar-refractivity contribution in [2.24, 2.45) is 5.10 Å². The molecule has 6 nitrogen and oxygen atoms in total. The van der Waals surface area contributed by atoms with Crippen LogP contribution in [0.4, 0.5) is 0 Å². The molecule has 0 aromatic heterocycles. The van der Waals surface area contributed by atoms with Gasteiger partial charge in [0.1, 0.15) is 5.75 Å². The summed E-state index contributed by atoms with van der Waals surface area (Å²) >= 11 is 0. The number of hydrazone groups is 1. The number of methoxy groups -OCH3 is 1. The van der Waals surface area contributed by atoms with Crippen LogP contribution in [0.5, 0.6) is 17.2 Å². The fraction of sp³-hybridized carbons (Fsp3) is 0.176. The van der Waals surface area contributed by atoms with Crippen LogP contribution in [-0.2, 0) is 4.79 Å². The highest BCUT2D eigenvalue weighted by Gasteiger charge is 2.13. The maximum absolute atomic E-state index is 11.9. The molecule has 0 saturated heterocycles. The van der Waals surface area contributed by atoms with E-state index in [4.69, 9.17) is 9.47 Å². The first-order valence-electron chi connectivity index (χ1n) is 7.02. The van der Waals surface area contributed by atoms with Crippen LogP contribution in [0.1, 0.15) is 12.5 Å². The number of phenolic OH excluding ortho intramolecular Hbond substituents is 1. The van der Waals surface area contributed by atoms with Crippen LogP contribution in [0, 0.1) is 0 Å². The number of amides is 1. The summed E-state index contributed by atoms with van der Waals surface area (Å²) < 4.78 is 10.5.